The van der Waals surface area contributed by atoms with E-state index in [1.54, 1.807) is 0 Å². The molecule has 1 aliphatic carbocycles. The van der Waals surface area contributed by atoms with Crippen LogP contribution in [-0.4, -0.2) is 0 Å². The van der Waals surface area contributed by atoms with Crippen LogP contribution in [0.2, 0.25) is 0 Å². The number of anilines is 3. The average Bonchev–Trinajstić information content (AvgIpc) is 3.66. The van der Waals surface area contributed by atoms with E-state index in [2.05, 4.69) is 189 Å². The van der Waals surface area contributed by atoms with E-state index < -0.39 is 0 Å². The van der Waals surface area contributed by atoms with Crippen molar-refractivity contribution >= 4 is 49.8 Å². The Labute approximate surface area is 297 Å². The van der Waals surface area contributed by atoms with Crippen molar-refractivity contribution in [2.75, 3.05) is 4.90 Å². The summed E-state index contributed by atoms with van der Waals surface area (Å²) in [7, 11) is 0. The maximum absolute atomic E-state index is 6.76. The van der Waals surface area contributed by atoms with Crippen LogP contribution in [0.1, 0.15) is 25.0 Å². The molecule has 0 spiro atoms. The zero-order valence-corrected chi connectivity index (χ0v) is 28.6. The Morgan fingerprint density at radius 2 is 1.08 bits per heavy atom. The monoisotopic (exact) mass is 653 g/mol. The summed E-state index contributed by atoms with van der Waals surface area (Å²) in [4.78, 5) is 2.43. The first-order valence-corrected chi connectivity index (χ1v) is 17.7. The van der Waals surface area contributed by atoms with Crippen LogP contribution in [0, 0.1) is 0 Å². The van der Waals surface area contributed by atoms with Crippen molar-refractivity contribution in [1.82, 2.24) is 0 Å². The van der Waals surface area contributed by atoms with Gasteiger partial charge in [0.1, 0.15) is 11.2 Å². The summed E-state index contributed by atoms with van der Waals surface area (Å²) >= 11 is 0. The molecule has 1 heterocycles. The average molecular weight is 654 g/mol. The predicted octanol–water partition coefficient (Wildman–Crippen LogP) is 13.8. The van der Waals surface area contributed by atoms with Gasteiger partial charge in [-0.05, 0) is 86.6 Å². The number of rotatable bonds is 5. The molecule has 0 saturated carbocycles. The van der Waals surface area contributed by atoms with E-state index in [9.17, 15) is 0 Å². The van der Waals surface area contributed by atoms with Gasteiger partial charge in [-0.2, -0.15) is 0 Å². The molecule has 51 heavy (non-hydrogen) atoms. The molecule has 0 aliphatic heterocycles. The molecule has 0 saturated heterocycles. The molecule has 0 atom stereocenters. The Bertz CT molecular complexity index is 2770. The SMILES string of the molecule is CC1(C)c2ccccc2-c2ccc(N(c3ccc(-c4ccccc4)cc3)c3ccccc3-c3c4ccccc4cc4c3oc3ccccc34)cc21. The predicted molar refractivity (Wildman–Crippen MR) is 214 cm³/mol. The van der Waals surface area contributed by atoms with Gasteiger partial charge in [0, 0.05) is 38.7 Å². The third-order valence-electron chi connectivity index (χ3n) is 10.9. The second-order valence-corrected chi connectivity index (χ2v) is 14.1. The molecule has 0 fully saturated rings. The smallest absolute Gasteiger partial charge is 0.143 e. The molecule has 9 aromatic rings. The first-order chi connectivity index (χ1) is 25.1. The van der Waals surface area contributed by atoms with E-state index in [0.717, 1.165) is 50.1 Å². The minimum absolute atomic E-state index is 0.125. The van der Waals surface area contributed by atoms with Crippen molar-refractivity contribution in [2.24, 2.45) is 0 Å². The molecule has 0 unspecified atom stereocenters. The van der Waals surface area contributed by atoms with Crippen molar-refractivity contribution in [3.63, 3.8) is 0 Å². The third-order valence-corrected chi connectivity index (χ3v) is 10.9. The molecule has 0 N–H and O–H groups in total. The fourth-order valence-electron chi connectivity index (χ4n) is 8.36. The number of fused-ring (bicyclic) bond motifs is 7. The Morgan fingerprint density at radius 3 is 1.92 bits per heavy atom. The lowest BCUT2D eigenvalue weighted by molar-refractivity contribution is 0.660. The Kier molecular flexibility index (Phi) is 6.56. The fraction of sp³-hybridized carbons (Fsp3) is 0.0612. The molecular formula is C49H35NO. The zero-order chi connectivity index (χ0) is 34.1. The molecule has 242 valence electrons. The van der Waals surface area contributed by atoms with Gasteiger partial charge in [0.05, 0.1) is 5.69 Å². The van der Waals surface area contributed by atoms with Crippen LogP contribution in [0.4, 0.5) is 17.1 Å². The largest absolute Gasteiger partial charge is 0.455 e. The topological polar surface area (TPSA) is 16.4 Å². The van der Waals surface area contributed by atoms with Gasteiger partial charge in [0.15, 0.2) is 0 Å². The minimum Gasteiger partial charge on any atom is -0.455 e. The van der Waals surface area contributed by atoms with Crippen molar-refractivity contribution in [3.05, 3.63) is 187 Å². The van der Waals surface area contributed by atoms with Gasteiger partial charge in [0.25, 0.3) is 0 Å². The number of hydrogen-bond donors (Lipinski definition) is 0. The number of benzene rings is 8. The third kappa shape index (κ3) is 4.57. The second kappa shape index (κ2) is 11.3. The minimum atomic E-state index is -0.125. The van der Waals surface area contributed by atoms with E-state index in [4.69, 9.17) is 4.42 Å². The van der Waals surface area contributed by atoms with Crippen LogP contribution in [0.25, 0.3) is 66.1 Å². The van der Waals surface area contributed by atoms with E-state index in [0.29, 0.717) is 0 Å². The van der Waals surface area contributed by atoms with Crippen molar-refractivity contribution in [1.29, 1.82) is 0 Å². The summed E-state index contributed by atoms with van der Waals surface area (Å²) < 4.78 is 6.76. The van der Waals surface area contributed by atoms with Crippen LogP contribution in [0.5, 0.6) is 0 Å². The van der Waals surface area contributed by atoms with Crippen molar-refractivity contribution < 1.29 is 4.42 Å². The summed E-state index contributed by atoms with van der Waals surface area (Å²) in [5.41, 5.74) is 15.0. The Balaban J connectivity index is 1.24. The molecule has 10 rings (SSSR count). The number of furan rings is 1. The molecule has 2 heteroatoms. The lowest BCUT2D eigenvalue weighted by atomic mass is 9.82. The van der Waals surface area contributed by atoms with Gasteiger partial charge >= 0.3 is 0 Å². The summed E-state index contributed by atoms with van der Waals surface area (Å²) in [6.07, 6.45) is 0. The van der Waals surface area contributed by atoms with E-state index in [-0.39, 0.29) is 5.41 Å². The maximum atomic E-state index is 6.76. The summed E-state index contributed by atoms with van der Waals surface area (Å²) in [5, 5.41) is 4.62. The summed E-state index contributed by atoms with van der Waals surface area (Å²) in [6, 6.07) is 63.6. The molecule has 0 amide bonds. The van der Waals surface area contributed by atoms with E-state index in [1.165, 1.54) is 44.2 Å². The second-order valence-electron chi connectivity index (χ2n) is 14.1. The summed E-state index contributed by atoms with van der Waals surface area (Å²) in [6.45, 7) is 4.70. The molecule has 1 aromatic heterocycles. The van der Waals surface area contributed by atoms with Gasteiger partial charge in [-0.3, -0.25) is 0 Å². The molecule has 2 nitrogen and oxygen atoms in total. The number of para-hydroxylation sites is 2. The number of hydrogen-bond acceptors (Lipinski definition) is 2. The molecule has 8 aromatic carbocycles. The first-order valence-electron chi connectivity index (χ1n) is 17.7. The zero-order valence-electron chi connectivity index (χ0n) is 28.6. The van der Waals surface area contributed by atoms with E-state index in [1.807, 2.05) is 6.07 Å². The van der Waals surface area contributed by atoms with Gasteiger partial charge in [-0.25, -0.2) is 0 Å². The normalized spacial score (nSPS) is 13.1. The van der Waals surface area contributed by atoms with Crippen LogP contribution >= 0.6 is 0 Å². The highest BCUT2D eigenvalue weighted by Crippen LogP contribution is 2.52. The molecule has 0 radical (unpaired) electrons. The fourth-order valence-corrected chi connectivity index (χ4v) is 8.36. The Morgan fingerprint density at radius 1 is 0.451 bits per heavy atom. The van der Waals surface area contributed by atoms with Gasteiger partial charge < -0.3 is 9.32 Å². The summed E-state index contributed by atoms with van der Waals surface area (Å²) in [5.74, 6) is 0. The molecule has 1 aliphatic rings. The number of nitrogens with zero attached hydrogens (tertiary/aromatic N) is 1. The standard InChI is InChI=1S/C49H35NO/c1-49(2)43-21-11-8-18-38(43)39-29-28-36(31-44(39)49)50(35-26-24-33(25-27-35)32-14-4-3-5-15-32)45-22-12-9-20-41(45)47-37-17-7-6-16-34(37)30-42-40-19-10-13-23-46(40)51-48(42)47/h3-31H,1-2H3. The lowest BCUT2D eigenvalue weighted by Crippen LogP contribution is -2.16. The molecular weight excluding hydrogens is 619 g/mol. The van der Waals surface area contributed by atoms with Gasteiger partial charge in [-0.15, -0.1) is 0 Å². The first kappa shape index (κ1) is 29.5. The van der Waals surface area contributed by atoms with Crippen LogP contribution in [-0.2, 0) is 5.41 Å². The highest BCUT2D eigenvalue weighted by atomic mass is 16.3. The highest BCUT2D eigenvalue weighted by molar-refractivity contribution is 6.19. The highest BCUT2D eigenvalue weighted by Gasteiger charge is 2.36. The van der Waals surface area contributed by atoms with Crippen LogP contribution < -0.4 is 4.90 Å². The van der Waals surface area contributed by atoms with Gasteiger partial charge in [-0.1, -0.05) is 147 Å². The molecule has 0 bridgehead atoms. The Hall–Kier alpha value is -6.38. The quantitative estimate of drug-likeness (QED) is 0.184. The van der Waals surface area contributed by atoms with Gasteiger partial charge in [0.2, 0.25) is 0 Å². The maximum Gasteiger partial charge on any atom is 0.143 e. The van der Waals surface area contributed by atoms with Crippen molar-refractivity contribution in [3.8, 4) is 33.4 Å². The van der Waals surface area contributed by atoms with Crippen LogP contribution in [0.3, 0.4) is 0 Å². The lowest BCUT2D eigenvalue weighted by Gasteiger charge is -2.30. The van der Waals surface area contributed by atoms with Crippen LogP contribution in [0.15, 0.2) is 180 Å². The van der Waals surface area contributed by atoms with Crippen molar-refractivity contribution in [2.45, 2.75) is 19.3 Å². The van der Waals surface area contributed by atoms with E-state index >= 15 is 0 Å².